The van der Waals surface area contributed by atoms with Crippen molar-refractivity contribution in [3.05, 3.63) is 35.6 Å². The number of carbonyl (C=O) groups excluding carboxylic acids is 2. The third-order valence-electron chi connectivity index (χ3n) is 3.86. The first-order chi connectivity index (χ1) is 10.5. The summed E-state index contributed by atoms with van der Waals surface area (Å²) in [5.74, 6) is -0.291. The lowest BCUT2D eigenvalue weighted by molar-refractivity contribution is -0.127. The number of halogens is 1. The molecule has 120 valence electrons. The molecule has 2 N–H and O–H groups in total. The molecule has 5 heteroatoms. The van der Waals surface area contributed by atoms with Crippen molar-refractivity contribution in [3.8, 4) is 0 Å². The molecule has 1 fully saturated rings. The highest BCUT2D eigenvalue weighted by molar-refractivity contribution is 5.92. The van der Waals surface area contributed by atoms with Crippen molar-refractivity contribution < 1.29 is 14.0 Å². The molecule has 2 rings (SSSR count). The molecule has 2 atom stereocenters. The third kappa shape index (κ3) is 4.83. The fourth-order valence-corrected chi connectivity index (χ4v) is 2.31. The number of amides is 2. The van der Waals surface area contributed by atoms with E-state index in [0.29, 0.717) is 25.4 Å². The molecule has 2 unspecified atom stereocenters. The van der Waals surface area contributed by atoms with Gasteiger partial charge in [0.25, 0.3) is 0 Å². The average molecular weight is 306 g/mol. The van der Waals surface area contributed by atoms with Crippen molar-refractivity contribution in [1.29, 1.82) is 0 Å². The Balaban J connectivity index is 1.69. The van der Waals surface area contributed by atoms with Crippen molar-refractivity contribution in [1.82, 2.24) is 10.6 Å². The van der Waals surface area contributed by atoms with Gasteiger partial charge in [-0.05, 0) is 36.5 Å². The van der Waals surface area contributed by atoms with Gasteiger partial charge in [0.15, 0.2) is 0 Å². The topological polar surface area (TPSA) is 58.2 Å². The van der Waals surface area contributed by atoms with Crippen molar-refractivity contribution in [2.75, 3.05) is 6.54 Å². The largest absolute Gasteiger partial charge is 0.356 e. The first kappa shape index (κ1) is 16.5. The highest BCUT2D eigenvalue weighted by Crippen LogP contribution is 2.38. The third-order valence-corrected chi connectivity index (χ3v) is 3.86. The standard InChI is InChI=1S/C17H23FN2O2/c1-11(2)7-8-19-16(21)14-9-15(14)17(22)20-10-12-3-5-13(18)6-4-12/h3-6,11,14-15H,7-10H2,1-2H3,(H,19,21)(H,20,22). The minimum atomic E-state index is -0.296. The molecular weight excluding hydrogens is 283 g/mol. The Morgan fingerprint density at radius 1 is 1.14 bits per heavy atom. The van der Waals surface area contributed by atoms with Gasteiger partial charge in [0, 0.05) is 13.1 Å². The first-order valence-electron chi connectivity index (χ1n) is 7.77. The van der Waals surface area contributed by atoms with Crippen LogP contribution >= 0.6 is 0 Å². The number of hydrogen-bond acceptors (Lipinski definition) is 2. The monoisotopic (exact) mass is 306 g/mol. The van der Waals surface area contributed by atoms with Crippen LogP contribution in [-0.2, 0) is 16.1 Å². The van der Waals surface area contributed by atoms with Crippen LogP contribution in [0.4, 0.5) is 4.39 Å². The summed E-state index contributed by atoms with van der Waals surface area (Å²) in [6, 6.07) is 6.00. The van der Waals surface area contributed by atoms with E-state index in [1.54, 1.807) is 12.1 Å². The summed E-state index contributed by atoms with van der Waals surface area (Å²) in [4.78, 5) is 23.9. The van der Waals surface area contributed by atoms with Crippen LogP contribution in [0.3, 0.4) is 0 Å². The molecule has 1 aromatic rings. The van der Waals surface area contributed by atoms with Crippen LogP contribution in [0, 0.1) is 23.6 Å². The maximum absolute atomic E-state index is 12.8. The van der Waals surface area contributed by atoms with Gasteiger partial charge >= 0.3 is 0 Å². The maximum atomic E-state index is 12.8. The zero-order chi connectivity index (χ0) is 16.1. The number of nitrogens with one attached hydrogen (secondary N) is 2. The van der Waals surface area contributed by atoms with E-state index in [2.05, 4.69) is 24.5 Å². The van der Waals surface area contributed by atoms with E-state index in [4.69, 9.17) is 0 Å². The second-order valence-corrected chi connectivity index (χ2v) is 6.27. The van der Waals surface area contributed by atoms with E-state index in [1.807, 2.05) is 0 Å². The maximum Gasteiger partial charge on any atom is 0.224 e. The SMILES string of the molecule is CC(C)CCNC(=O)C1CC1C(=O)NCc1ccc(F)cc1. The quantitative estimate of drug-likeness (QED) is 0.811. The van der Waals surface area contributed by atoms with Crippen LogP contribution in [0.5, 0.6) is 0 Å². The molecule has 0 saturated heterocycles. The zero-order valence-corrected chi connectivity index (χ0v) is 13.1. The Morgan fingerprint density at radius 2 is 1.73 bits per heavy atom. The minimum Gasteiger partial charge on any atom is -0.356 e. The summed E-state index contributed by atoms with van der Waals surface area (Å²) in [6.45, 7) is 5.23. The molecule has 0 heterocycles. The number of carbonyl (C=O) groups is 2. The van der Waals surface area contributed by atoms with Gasteiger partial charge in [-0.3, -0.25) is 9.59 Å². The lowest BCUT2D eigenvalue weighted by Gasteiger charge is -2.07. The molecule has 0 radical (unpaired) electrons. The van der Waals surface area contributed by atoms with Gasteiger partial charge in [0.05, 0.1) is 11.8 Å². The second kappa shape index (κ2) is 7.38. The Hall–Kier alpha value is -1.91. The van der Waals surface area contributed by atoms with Crippen molar-refractivity contribution in [2.45, 2.75) is 33.2 Å². The summed E-state index contributed by atoms with van der Waals surface area (Å²) >= 11 is 0. The van der Waals surface area contributed by atoms with Crippen LogP contribution in [0.15, 0.2) is 24.3 Å². The van der Waals surface area contributed by atoms with Gasteiger partial charge in [-0.15, -0.1) is 0 Å². The summed E-state index contributed by atoms with van der Waals surface area (Å²) < 4.78 is 12.8. The highest BCUT2D eigenvalue weighted by atomic mass is 19.1. The summed E-state index contributed by atoms with van der Waals surface area (Å²) in [5.41, 5.74) is 0.841. The van der Waals surface area contributed by atoms with Gasteiger partial charge < -0.3 is 10.6 Å². The Morgan fingerprint density at radius 3 is 2.32 bits per heavy atom. The van der Waals surface area contributed by atoms with E-state index in [0.717, 1.165) is 12.0 Å². The van der Waals surface area contributed by atoms with Crippen LogP contribution in [0.2, 0.25) is 0 Å². The molecule has 1 aromatic carbocycles. The molecule has 1 aliphatic carbocycles. The lowest BCUT2D eigenvalue weighted by atomic mass is 10.1. The molecule has 0 spiro atoms. The summed E-state index contributed by atoms with van der Waals surface area (Å²) in [5, 5.41) is 5.68. The fourth-order valence-electron chi connectivity index (χ4n) is 2.31. The first-order valence-corrected chi connectivity index (χ1v) is 7.77. The molecule has 22 heavy (non-hydrogen) atoms. The number of benzene rings is 1. The highest BCUT2D eigenvalue weighted by Gasteiger charge is 2.47. The Bertz CT molecular complexity index is 528. The number of rotatable bonds is 7. The molecule has 0 bridgehead atoms. The van der Waals surface area contributed by atoms with Gasteiger partial charge in [-0.2, -0.15) is 0 Å². The van der Waals surface area contributed by atoms with Crippen molar-refractivity contribution in [2.24, 2.45) is 17.8 Å². The van der Waals surface area contributed by atoms with Crippen molar-refractivity contribution >= 4 is 11.8 Å². The van der Waals surface area contributed by atoms with Crippen molar-refractivity contribution in [3.63, 3.8) is 0 Å². The van der Waals surface area contributed by atoms with E-state index in [1.165, 1.54) is 12.1 Å². The molecule has 0 aliphatic heterocycles. The van der Waals surface area contributed by atoms with Gasteiger partial charge in [0.2, 0.25) is 11.8 Å². The lowest BCUT2D eigenvalue weighted by Crippen LogP contribution is -2.30. The van der Waals surface area contributed by atoms with Crippen LogP contribution in [0.25, 0.3) is 0 Å². The van der Waals surface area contributed by atoms with Crippen LogP contribution in [-0.4, -0.2) is 18.4 Å². The minimum absolute atomic E-state index is 0.0254. The van der Waals surface area contributed by atoms with Crippen LogP contribution < -0.4 is 10.6 Å². The van der Waals surface area contributed by atoms with E-state index < -0.39 is 0 Å². The van der Waals surface area contributed by atoms with E-state index in [9.17, 15) is 14.0 Å². The molecule has 0 aromatic heterocycles. The van der Waals surface area contributed by atoms with Gasteiger partial charge in [-0.1, -0.05) is 26.0 Å². The molecule has 4 nitrogen and oxygen atoms in total. The smallest absolute Gasteiger partial charge is 0.224 e. The zero-order valence-electron chi connectivity index (χ0n) is 13.1. The van der Waals surface area contributed by atoms with Gasteiger partial charge in [0.1, 0.15) is 5.82 Å². The second-order valence-electron chi connectivity index (χ2n) is 6.27. The fraction of sp³-hybridized carbons (Fsp3) is 0.529. The predicted molar refractivity (Wildman–Crippen MR) is 82.3 cm³/mol. The Kier molecular flexibility index (Phi) is 5.52. The Labute approximate surface area is 130 Å². The molecule has 1 saturated carbocycles. The van der Waals surface area contributed by atoms with E-state index in [-0.39, 0.29) is 29.5 Å². The molecule has 2 amide bonds. The average Bonchev–Trinajstić information content (AvgIpc) is 3.26. The summed E-state index contributed by atoms with van der Waals surface area (Å²) in [7, 11) is 0. The molecular formula is C17H23FN2O2. The predicted octanol–water partition coefficient (Wildman–Crippen LogP) is 2.24. The normalized spacial score (nSPS) is 19.8. The molecule has 1 aliphatic rings. The number of hydrogen-bond donors (Lipinski definition) is 2. The van der Waals surface area contributed by atoms with Gasteiger partial charge in [-0.25, -0.2) is 4.39 Å². The van der Waals surface area contributed by atoms with Crippen LogP contribution in [0.1, 0.15) is 32.3 Å². The van der Waals surface area contributed by atoms with E-state index >= 15 is 0 Å². The summed E-state index contributed by atoms with van der Waals surface area (Å²) in [6.07, 6.45) is 1.56.